The zero-order chi connectivity index (χ0) is 14.6. The molecule has 2 rings (SSSR count). The molecule has 0 fully saturated rings. The molecule has 0 aromatic heterocycles. The highest BCUT2D eigenvalue weighted by molar-refractivity contribution is 5.59. The fraction of sp³-hybridized carbons (Fsp3) is 0.647. The molecule has 1 aromatic rings. The summed E-state index contributed by atoms with van der Waals surface area (Å²) < 4.78 is 5.84. The summed E-state index contributed by atoms with van der Waals surface area (Å²) in [5.41, 5.74) is 1.48. The largest absolute Gasteiger partial charge is 0.491 e. The lowest BCUT2D eigenvalue weighted by Crippen LogP contribution is -2.48. The van der Waals surface area contributed by atoms with E-state index in [1.165, 1.54) is 5.69 Å². The van der Waals surface area contributed by atoms with Crippen molar-refractivity contribution in [3.05, 3.63) is 24.3 Å². The van der Waals surface area contributed by atoms with Crippen molar-refractivity contribution in [2.75, 3.05) is 31.1 Å². The molecule has 0 spiro atoms. The van der Waals surface area contributed by atoms with Crippen molar-refractivity contribution in [1.29, 1.82) is 0 Å². The molecule has 1 aromatic carbocycles. The fourth-order valence-electron chi connectivity index (χ4n) is 2.70. The summed E-state index contributed by atoms with van der Waals surface area (Å²) in [5.74, 6) is 1.02. The number of benzene rings is 1. The van der Waals surface area contributed by atoms with Crippen LogP contribution in [0.25, 0.3) is 0 Å². The van der Waals surface area contributed by atoms with E-state index in [4.69, 9.17) is 4.74 Å². The van der Waals surface area contributed by atoms with E-state index in [2.05, 4.69) is 56.1 Å². The van der Waals surface area contributed by atoms with Crippen LogP contribution in [0, 0.1) is 5.41 Å². The van der Waals surface area contributed by atoms with Gasteiger partial charge in [-0.25, -0.2) is 0 Å². The van der Waals surface area contributed by atoms with Crippen molar-refractivity contribution >= 4 is 5.69 Å². The van der Waals surface area contributed by atoms with E-state index in [9.17, 15) is 0 Å². The summed E-state index contributed by atoms with van der Waals surface area (Å²) >= 11 is 0. The lowest BCUT2D eigenvalue weighted by atomic mass is 9.86. The summed E-state index contributed by atoms with van der Waals surface area (Å²) in [6.07, 6.45) is 1.08. The van der Waals surface area contributed by atoms with E-state index < -0.39 is 0 Å². The van der Waals surface area contributed by atoms with Gasteiger partial charge in [0.1, 0.15) is 5.75 Å². The van der Waals surface area contributed by atoms with Crippen LogP contribution in [-0.2, 0) is 0 Å². The Morgan fingerprint density at radius 2 is 2.05 bits per heavy atom. The third-order valence-electron chi connectivity index (χ3n) is 3.93. The minimum Gasteiger partial charge on any atom is -0.491 e. The zero-order valence-corrected chi connectivity index (χ0v) is 13.3. The van der Waals surface area contributed by atoms with Crippen LogP contribution in [0.2, 0.25) is 0 Å². The van der Waals surface area contributed by atoms with E-state index >= 15 is 0 Å². The Labute approximate surface area is 123 Å². The second-order valence-corrected chi connectivity index (χ2v) is 6.59. The molecule has 0 bridgehead atoms. The molecule has 1 atom stereocenters. The predicted molar refractivity (Wildman–Crippen MR) is 85.7 cm³/mol. The monoisotopic (exact) mass is 276 g/mol. The van der Waals surface area contributed by atoms with Gasteiger partial charge in [0.05, 0.1) is 12.3 Å². The van der Waals surface area contributed by atoms with Crippen LogP contribution in [0.1, 0.15) is 34.1 Å². The highest BCUT2D eigenvalue weighted by atomic mass is 16.5. The summed E-state index contributed by atoms with van der Waals surface area (Å²) in [6, 6.07) is 8.87. The van der Waals surface area contributed by atoms with Gasteiger partial charge in [0, 0.05) is 19.1 Å². The summed E-state index contributed by atoms with van der Waals surface area (Å²) in [4.78, 5) is 2.47. The zero-order valence-electron chi connectivity index (χ0n) is 13.3. The molecule has 0 radical (unpaired) electrons. The van der Waals surface area contributed by atoms with Gasteiger partial charge in [-0.05, 0) is 30.5 Å². The second-order valence-electron chi connectivity index (χ2n) is 6.59. The number of hydrogen-bond acceptors (Lipinski definition) is 3. The first-order chi connectivity index (χ1) is 9.52. The molecular weight excluding hydrogens is 248 g/mol. The molecule has 0 amide bonds. The van der Waals surface area contributed by atoms with E-state index in [0.29, 0.717) is 6.04 Å². The lowest BCUT2D eigenvalue weighted by Gasteiger charge is -2.36. The fourth-order valence-corrected chi connectivity index (χ4v) is 2.70. The summed E-state index contributed by atoms with van der Waals surface area (Å²) in [5, 5.41) is 3.64. The van der Waals surface area contributed by atoms with Crippen molar-refractivity contribution in [2.24, 2.45) is 5.41 Å². The maximum atomic E-state index is 5.84. The van der Waals surface area contributed by atoms with Crippen molar-refractivity contribution in [1.82, 2.24) is 5.32 Å². The van der Waals surface area contributed by atoms with E-state index in [0.717, 1.165) is 38.4 Å². The van der Waals surface area contributed by atoms with Gasteiger partial charge in [-0.3, -0.25) is 0 Å². The summed E-state index contributed by atoms with van der Waals surface area (Å²) in [7, 11) is 0. The topological polar surface area (TPSA) is 24.5 Å². The maximum Gasteiger partial charge on any atom is 0.142 e. The molecule has 1 heterocycles. The Morgan fingerprint density at radius 3 is 2.75 bits per heavy atom. The van der Waals surface area contributed by atoms with Gasteiger partial charge in [-0.1, -0.05) is 39.8 Å². The van der Waals surface area contributed by atoms with Gasteiger partial charge >= 0.3 is 0 Å². The Kier molecular flexibility index (Phi) is 4.92. The number of anilines is 1. The third-order valence-corrected chi connectivity index (χ3v) is 3.93. The van der Waals surface area contributed by atoms with Crippen molar-refractivity contribution in [3.63, 3.8) is 0 Å². The number of para-hydroxylation sites is 2. The van der Waals surface area contributed by atoms with Gasteiger partial charge in [0.15, 0.2) is 0 Å². The number of nitrogens with one attached hydrogen (secondary N) is 1. The average molecular weight is 276 g/mol. The smallest absolute Gasteiger partial charge is 0.142 e. The molecule has 112 valence electrons. The number of fused-ring (bicyclic) bond motifs is 1. The molecule has 3 nitrogen and oxygen atoms in total. The van der Waals surface area contributed by atoms with Crippen LogP contribution in [-0.4, -0.2) is 32.3 Å². The lowest BCUT2D eigenvalue weighted by molar-refractivity contribution is 0.273. The Balaban J connectivity index is 2.19. The first-order valence-corrected chi connectivity index (χ1v) is 7.72. The van der Waals surface area contributed by atoms with E-state index in [1.54, 1.807) is 0 Å². The molecule has 0 saturated carbocycles. The average Bonchev–Trinajstić information content (AvgIpc) is 2.60. The number of likely N-dealkylation sites (N-methyl/N-ethyl adjacent to an activating group) is 1. The first-order valence-electron chi connectivity index (χ1n) is 7.72. The first kappa shape index (κ1) is 15.2. The Morgan fingerprint density at radius 1 is 1.30 bits per heavy atom. The molecule has 1 aliphatic rings. The van der Waals surface area contributed by atoms with Crippen LogP contribution in [0.4, 0.5) is 5.69 Å². The molecular formula is C17H28N2O. The quantitative estimate of drug-likeness (QED) is 0.913. The molecule has 1 unspecified atom stereocenters. The van der Waals surface area contributed by atoms with E-state index in [1.807, 2.05) is 6.07 Å². The van der Waals surface area contributed by atoms with Crippen LogP contribution in [0.3, 0.4) is 0 Å². The molecule has 0 saturated heterocycles. The number of hydrogen-bond donors (Lipinski definition) is 1. The van der Waals surface area contributed by atoms with E-state index in [-0.39, 0.29) is 5.41 Å². The molecule has 1 N–H and O–H groups in total. The molecule has 1 aliphatic heterocycles. The minimum absolute atomic E-state index is 0.248. The maximum absolute atomic E-state index is 5.84. The van der Waals surface area contributed by atoms with Gasteiger partial charge in [0.2, 0.25) is 0 Å². The van der Waals surface area contributed by atoms with Crippen LogP contribution >= 0.6 is 0 Å². The number of ether oxygens (including phenoxy) is 1. The third kappa shape index (κ3) is 3.66. The highest BCUT2D eigenvalue weighted by Crippen LogP contribution is 2.32. The minimum atomic E-state index is 0.248. The van der Waals surface area contributed by atoms with Crippen LogP contribution in [0.15, 0.2) is 24.3 Å². The summed E-state index contributed by atoms with van der Waals surface area (Å²) in [6.45, 7) is 13.0. The van der Waals surface area contributed by atoms with Gasteiger partial charge in [-0.15, -0.1) is 0 Å². The second kappa shape index (κ2) is 6.49. The molecule has 0 aliphatic carbocycles. The van der Waals surface area contributed by atoms with Crippen LogP contribution in [0.5, 0.6) is 5.75 Å². The number of rotatable bonds is 4. The normalized spacial score (nSPS) is 17.1. The SMILES string of the molecule is CCNC(CN1CCCOc2ccccc21)C(C)(C)C. The van der Waals surface area contributed by atoms with Gasteiger partial charge in [0.25, 0.3) is 0 Å². The van der Waals surface area contributed by atoms with Crippen molar-refractivity contribution in [3.8, 4) is 5.75 Å². The Bertz CT molecular complexity index is 425. The predicted octanol–water partition coefficient (Wildman–Crippen LogP) is 3.30. The van der Waals surface area contributed by atoms with Gasteiger partial charge in [-0.2, -0.15) is 0 Å². The van der Waals surface area contributed by atoms with Crippen LogP contribution < -0.4 is 15.0 Å². The molecule has 3 heteroatoms. The van der Waals surface area contributed by atoms with Crippen molar-refractivity contribution < 1.29 is 4.74 Å². The van der Waals surface area contributed by atoms with Crippen molar-refractivity contribution in [2.45, 2.75) is 40.2 Å². The van der Waals surface area contributed by atoms with Gasteiger partial charge < -0.3 is 15.0 Å². The standard InChI is InChI=1S/C17H28N2O/c1-5-18-16(17(2,3)4)13-19-11-8-12-20-15-10-7-6-9-14(15)19/h6-7,9-10,16,18H,5,8,11-13H2,1-4H3. The highest BCUT2D eigenvalue weighted by Gasteiger charge is 2.27. The molecule has 20 heavy (non-hydrogen) atoms. The Hall–Kier alpha value is -1.22. The number of nitrogens with zero attached hydrogens (tertiary/aromatic N) is 1.